The molecule has 8 aromatic carbocycles. The number of ether oxygens (including phenoxy) is 1. The predicted octanol–water partition coefficient (Wildman–Crippen LogP) is 19.6. The molecule has 124 heavy (non-hydrogen) atoms. The number of benzene rings is 8. The number of ketones is 4. The largest absolute Gasteiger partial charge is 0.381 e. The Labute approximate surface area is 713 Å². The van der Waals surface area contributed by atoms with Crippen molar-refractivity contribution < 1.29 is 95.0 Å². The lowest BCUT2D eigenvalue weighted by molar-refractivity contribution is -0.160. The maximum absolute atomic E-state index is 14.6. The van der Waals surface area contributed by atoms with E-state index >= 15 is 0 Å². The van der Waals surface area contributed by atoms with Crippen LogP contribution >= 0.6 is 47.6 Å². The summed E-state index contributed by atoms with van der Waals surface area (Å²) < 4.78 is 189. The standard InChI is InChI=1S/2C20H12F3N3O3S.2C20H12F3N3OS.C5H11NO.CH4/c2*1-28-29-30-20-24-10-12-9-16(18(27)11-5-7-13(21)8-6-11)26(19(12)25-20)17-14(22)3-2-4-15(17)23;2*1-28-20-24-10-12-9-16(18(27)11-5-7-13(21)8-6-11)26(19(12)25-20)17-14(22)3-2-4-15(17)23;6-5-1-3-7-4-2-5;/h2*2-10H,1H3;2*2-10H,1H3;5H,1-4,6H2;1H4. The number of rotatable bonds is 20. The van der Waals surface area contributed by atoms with Crippen molar-refractivity contribution in [1.29, 1.82) is 0 Å². The molecule has 0 spiro atoms. The number of para-hydroxylation sites is 4. The van der Waals surface area contributed by atoms with Gasteiger partial charge in [-0.2, -0.15) is 8.67 Å². The van der Waals surface area contributed by atoms with Gasteiger partial charge < -0.3 is 10.5 Å². The third kappa shape index (κ3) is 20.3. The van der Waals surface area contributed by atoms with E-state index in [9.17, 15) is 71.9 Å². The number of aromatic nitrogens is 12. The lowest BCUT2D eigenvalue weighted by Crippen LogP contribution is -2.28. The van der Waals surface area contributed by atoms with E-state index in [-0.39, 0.29) is 85.4 Å². The molecule has 634 valence electrons. The van der Waals surface area contributed by atoms with Crippen LogP contribution in [0.2, 0.25) is 0 Å². The average Bonchev–Trinajstić information content (AvgIpc) is 1.59. The van der Waals surface area contributed by atoms with Crippen LogP contribution < -0.4 is 5.73 Å². The molecule has 0 unspecified atom stereocenters. The van der Waals surface area contributed by atoms with Crippen LogP contribution in [0.4, 0.5) is 52.7 Å². The smallest absolute Gasteiger partial charge is 0.220 e. The van der Waals surface area contributed by atoms with Crippen molar-refractivity contribution in [3.05, 3.63) is 334 Å². The number of hydrogen-bond donors (Lipinski definition) is 1. The zero-order valence-electron chi connectivity index (χ0n) is 64.0. The molecular formula is C86H63F12N13O9S4. The Morgan fingerprint density at radius 2 is 0.573 bits per heavy atom. The second-order valence-corrected chi connectivity index (χ2v) is 28.7. The lowest BCUT2D eigenvalue weighted by atomic mass is 10.1. The zero-order chi connectivity index (χ0) is 87.3. The molecule has 1 aliphatic rings. The van der Waals surface area contributed by atoms with E-state index in [1.54, 1.807) is 12.5 Å². The van der Waals surface area contributed by atoms with Crippen molar-refractivity contribution in [2.24, 2.45) is 5.73 Å². The Balaban J connectivity index is 0.000000146. The molecule has 38 heteroatoms. The van der Waals surface area contributed by atoms with Crippen molar-refractivity contribution in [3.63, 3.8) is 0 Å². The summed E-state index contributed by atoms with van der Waals surface area (Å²) in [5.74, 6) is -11.1. The van der Waals surface area contributed by atoms with Gasteiger partial charge in [-0.25, -0.2) is 102 Å². The van der Waals surface area contributed by atoms with E-state index in [4.69, 9.17) is 19.1 Å². The van der Waals surface area contributed by atoms with Crippen molar-refractivity contribution in [2.75, 3.05) is 39.9 Å². The van der Waals surface area contributed by atoms with Gasteiger partial charge in [0.1, 0.15) is 139 Å². The van der Waals surface area contributed by atoms with E-state index in [1.807, 2.05) is 0 Å². The second-order valence-electron chi connectivity index (χ2n) is 25.8. The molecule has 1 saturated heterocycles. The number of nitrogens with two attached hydrogens (primary N) is 1. The highest BCUT2D eigenvalue weighted by Crippen LogP contribution is 2.36. The Hall–Kier alpha value is -12.8. The maximum atomic E-state index is 14.6. The lowest BCUT2D eigenvalue weighted by Gasteiger charge is -2.16. The quantitative estimate of drug-likeness (QED) is 0.0141. The molecule has 16 aromatic rings. The molecule has 0 amide bonds. The summed E-state index contributed by atoms with van der Waals surface area (Å²) in [6.45, 7) is 1.72. The summed E-state index contributed by atoms with van der Waals surface area (Å²) >= 11 is 3.91. The fraction of sp³-hybridized carbons (Fsp3) is 0.116. The van der Waals surface area contributed by atoms with Crippen LogP contribution in [-0.2, 0) is 23.2 Å². The average molecular weight is 1780 g/mol. The molecule has 0 saturated carbocycles. The minimum Gasteiger partial charge on any atom is -0.381 e. The highest BCUT2D eigenvalue weighted by molar-refractivity contribution is 7.98. The summed E-state index contributed by atoms with van der Waals surface area (Å²) in [6.07, 6.45) is 11.4. The molecule has 1 fully saturated rings. The van der Waals surface area contributed by atoms with Crippen molar-refractivity contribution in [1.82, 2.24) is 58.1 Å². The Morgan fingerprint density at radius 3 is 0.774 bits per heavy atom. The SMILES string of the molecule is C.COOSc1ncc2cc(C(=O)c3ccc(F)cc3)n(-c3c(F)cccc3F)c2n1.COOSc1ncc2cc(C(=O)c3ccc(F)cc3)n(-c3c(F)cccc3F)c2n1.CSc1ncc2cc(C(=O)c3ccc(F)cc3)n(-c3c(F)cccc3F)c2n1.CSc1ncc2cc(C(=O)c3ccc(F)cc3)n(-c3c(F)cccc3F)c2n1.NC1CCOCC1. The first-order valence-corrected chi connectivity index (χ1v) is 40.0. The van der Waals surface area contributed by atoms with E-state index in [0.29, 0.717) is 62.0 Å². The number of carbonyl (C=O) groups excluding carboxylic acids is 4. The minimum atomic E-state index is -0.887. The topological polar surface area (TPSA) is 263 Å². The Kier molecular flexibility index (Phi) is 29.9. The summed E-state index contributed by atoms with van der Waals surface area (Å²) in [5, 5.41) is 2.61. The molecule has 0 atom stereocenters. The molecule has 8 aromatic heterocycles. The van der Waals surface area contributed by atoms with Gasteiger partial charge in [0.05, 0.1) is 37.0 Å². The summed E-state index contributed by atoms with van der Waals surface area (Å²) in [6, 6.07) is 39.3. The molecule has 0 bridgehead atoms. The van der Waals surface area contributed by atoms with E-state index in [0.717, 1.165) is 141 Å². The van der Waals surface area contributed by atoms with Gasteiger partial charge in [-0.3, -0.25) is 37.4 Å². The maximum Gasteiger partial charge on any atom is 0.220 e. The van der Waals surface area contributed by atoms with Gasteiger partial charge in [0.25, 0.3) is 0 Å². The number of halogens is 12. The first-order valence-electron chi connectivity index (χ1n) is 36.1. The third-order valence-corrected chi connectivity index (χ3v) is 20.3. The molecule has 1 aliphatic heterocycles. The van der Waals surface area contributed by atoms with Crippen LogP contribution in [0.1, 0.15) is 84.5 Å². The molecule has 9 heterocycles. The van der Waals surface area contributed by atoms with Gasteiger partial charge >= 0.3 is 0 Å². The van der Waals surface area contributed by atoms with Crippen LogP contribution in [0.3, 0.4) is 0 Å². The zero-order valence-corrected chi connectivity index (χ0v) is 67.2. The Bertz CT molecular complexity index is 6150. The third-order valence-electron chi connectivity index (χ3n) is 18.1. The van der Waals surface area contributed by atoms with Crippen LogP contribution in [-0.4, -0.2) is 127 Å². The predicted molar refractivity (Wildman–Crippen MR) is 441 cm³/mol. The number of thioether (sulfide) groups is 2. The highest BCUT2D eigenvalue weighted by atomic mass is 32.2. The van der Waals surface area contributed by atoms with E-state index < -0.39 is 116 Å². The molecule has 22 nitrogen and oxygen atoms in total. The van der Waals surface area contributed by atoms with Crippen LogP contribution in [0.15, 0.2) is 240 Å². The summed E-state index contributed by atoms with van der Waals surface area (Å²) in [7, 11) is 2.59. The monoisotopic (exact) mass is 1780 g/mol. The molecule has 2 N–H and O–H groups in total. The van der Waals surface area contributed by atoms with Gasteiger partial charge in [-0.15, -0.1) is 0 Å². The molecule has 17 rings (SSSR count). The fourth-order valence-corrected chi connectivity index (χ4v) is 13.8. The van der Waals surface area contributed by atoms with Crippen molar-refractivity contribution in [3.8, 4) is 22.7 Å². The minimum absolute atomic E-state index is 0. The molecular weight excluding hydrogens is 1720 g/mol. The first kappa shape index (κ1) is 90.5. The van der Waals surface area contributed by atoms with E-state index in [1.165, 1.54) is 160 Å². The first-order chi connectivity index (χ1) is 59.4. The highest BCUT2D eigenvalue weighted by Gasteiger charge is 2.30. The van der Waals surface area contributed by atoms with Crippen LogP contribution in [0.25, 0.3) is 66.9 Å². The van der Waals surface area contributed by atoms with Crippen molar-refractivity contribution in [2.45, 2.75) is 46.9 Å². The fourth-order valence-electron chi connectivity index (χ4n) is 12.4. The Morgan fingerprint density at radius 1 is 0.355 bits per heavy atom. The van der Waals surface area contributed by atoms with Gasteiger partial charge in [0, 0.05) is 87.8 Å². The molecule has 0 aliphatic carbocycles. The summed E-state index contributed by atoms with van der Waals surface area (Å²) in [5.41, 5.74) is 4.88. The second kappa shape index (κ2) is 40.9. The van der Waals surface area contributed by atoms with Gasteiger partial charge in [0.2, 0.25) is 33.4 Å². The number of hydrogen-bond acceptors (Lipinski definition) is 22. The number of fused-ring (bicyclic) bond motifs is 4. The normalized spacial score (nSPS) is 11.9. The van der Waals surface area contributed by atoms with Gasteiger partial charge in [0.15, 0.2) is 10.3 Å². The van der Waals surface area contributed by atoms with Crippen molar-refractivity contribution >= 4 is 115 Å². The molecule has 0 radical (unpaired) electrons. The van der Waals surface area contributed by atoms with Gasteiger partial charge in [-0.1, -0.05) is 55.2 Å². The van der Waals surface area contributed by atoms with Crippen LogP contribution in [0, 0.1) is 69.8 Å². The number of nitrogens with zero attached hydrogens (tertiary/aromatic N) is 12. The summed E-state index contributed by atoms with van der Waals surface area (Å²) in [4.78, 5) is 94.9. The number of carbonyl (C=O) groups is 4. The van der Waals surface area contributed by atoms with Gasteiger partial charge in [-0.05, 0) is 195 Å². The van der Waals surface area contributed by atoms with E-state index in [2.05, 4.69) is 49.6 Å². The van der Waals surface area contributed by atoms with Crippen LogP contribution in [0.5, 0.6) is 0 Å².